The Balaban J connectivity index is 2.73. The van der Waals surface area contributed by atoms with Gasteiger partial charge in [-0.25, -0.2) is 4.72 Å². The predicted molar refractivity (Wildman–Crippen MR) is 57.6 cm³/mol. The van der Waals surface area contributed by atoms with Crippen molar-refractivity contribution in [2.45, 2.75) is 26.0 Å². The van der Waals surface area contributed by atoms with E-state index in [0.717, 1.165) is 0 Å². The van der Waals surface area contributed by atoms with Crippen molar-refractivity contribution < 1.29 is 13.2 Å². The van der Waals surface area contributed by atoms with Gasteiger partial charge in [-0.15, -0.1) is 0 Å². The molecule has 1 heterocycles. The number of nitrogens with zero attached hydrogens (tertiary/aromatic N) is 1. The van der Waals surface area contributed by atoms with Gasteiger partial charge in [0.1, 0.15) is 0 Å². The van der Waals surface area contributed by atoms with E-state index in [2.05, 4.69) is 4.72 Å². The second-order valence-electron chi connectivity index (χ2n) is 3.61. The summed E-state index contributed by atoms with van der Waals surface area (Å²) in [4.78, 5) is 0. The number of rotatable bonds is 4. The molecule has 1 rings (SSSR count). The van der Waals surface area contributed by atoms with Gasteiger partial charge in [-0.05, 0) is 6.92 Å². The van der Waals surface area contributed by atoms with Crippen molar-refractivity contribution in [1.29, 1.82) is 0 Å². The second kappa shape index (κ2) is 5.22. The lowest BCUT2D eigenvalue weighted by Gasteiger charge is -2.36. The minimum Gasteiger partial charge on any atom is -0.374 e. The summed E-state index contributed by atoms with van der Waals surface area (Å²) in [6.45, 7) is 5.02. The predicted octanol–water partition coefficient (Wildman–Crippen LogP) is -1.11. The van der Waals surface area contributed by atoms with E-state index in [1.54, 1.807) is 6.92 Å². The largest absolute Gasteiger partial charge is 0.374 e. The third-order valence-electron chi connectivity index (χ3n) is 2.35. The third kappa shape index (κ3) is 3.12. The van der Waals surface area contributed by atoms with Gasteiger partial charge in [0.15, 0.2) is 0 Å². The molecule has 2 atom stereocenters. The van der Waals surface area contributed by atoms with E-state index in [4.69, 9.17) is 10.5 Å². The Hall–Kier alpha value is -0.210. The van der Waals surface area contributed by atoms with Crippen molar-refractivity contribution in [3.05, 3.63) is 0 Å². The van der Waals surface area contributed by atoms with Crippen LogP contribution in [0, 0.1) is 0 Å². The van der Waals surface area contributed by atoms with Crippen LogP contribution in [-0.4, -0.2) is 51.1 Å². The van der Waals surface area contributed by atoms with Crippen LogP contribution in [0.5, 0.6) is 0 Å². The molecule has 1 saturated heterocycles. The van der Waals surface area contributed by atoms with E-state index in [1.807, 2.05) is 6.92 Å². The minimum atomic E-state index is -3.38. The number of hydrogen-bond donors (Lipinski definition) is 2. The molecule has 0 amide bonds. The number of nitrogens with two attached hydrogens (primary N) is 1. The Kier molecular flexibility index (Phi) is 4.47. The van der Waals surface area contributed by atoms with Gasteiger partial charge in [-0.3, -0.25) is 0 Å². The Morgan fingerprint density at radius 1 is 1.60 bits per heavy atom. The van der Waals surface area contributed by atoms with E-state index < -0.39 is 10.2 Å². The molecule has 0 spiro atoms. The van der Waals surface area contributed by atoms with Gasteiger partial charge in [-0.2, -0.15) is 12.7 Å². The highest BCUT2D eigenvalue weighted by Crippen LogP contribution is 2.14. The molecule has 1 fully saturated rings. The zero-order valence-corrected chi connectivity index (χ0v) is 9.96. The van der Waals surface area contributed by atoms with Crippen LogP contribution in [0.25, 0.3) is 0 Å². The third-order valence-corrected chi connectivity index (χ3v) is 4.13. The van der Waals surface area contributed by atoms with Crippen LogP contribution in [-0.2, 0) is 14.9 Å². The fraction of sp³-hybridized carbons (Fsp3) is 1.00. The van der Waals surface area contributed by atoms with Gasteiger partial charge >= 0.3 is 0 Å². The standard InChI is InChI=1S/C8H19N3O3S/c1-3-10-15(12,13)11-5-8(4-9)14-6-7(11)2/h7-8,10H,3-6,9H2,1-2H3. The van der Waals surface area contributed by atoms with E-state index in [9.17, 15) is 8.42 Å². The molecule has 0 aromatic heterocycles. The minimum absolute atomic E-state index is 0.142. The van der Waals surface area contributed by atoms with Crippen LogP contribution in [0.2, 0.25) is 0 Å². The van der Waals surface area contributed by atoms with Gasteiger partial charge in [0.25, 0.3) is 10.2 Å². The van der Waals surface area contributed by atoms with Crippen LogP contribution in [0.15, 0.2) is 0 Å². The van der Waals surface area contributed by atoms with Crippen LogP contribution in [0.3, 0.4) is 0 Å². The van der Waals surface area contributed by atoms with E-state index in [1.165, 1.54) is 4.31 Å². The number of nitrogens with one attached hydrogen (secondary N) is 1. The molecule has 0 saturated carbocycles. The Bertz CT molecular complexity index is 294. The Morgan fingerprint density at radius 3 is 2.80 bits per heavy atom. The van der Waals surface area contributed by atoms with Crippen molar-refractivity contribution in [2.75, 3.05) is 26.2 Å². The lowest BCUT2D eigenvalue weighted by Crippen LogP contribution is -2.55. The molecule has 3 N–H and O–H groups in total. The summed E-state index contributed by atoms with van der Waals surface area (Å²) >= 11 is 0. The van der Waals surface area contributed by atoms with Crippen molar-refractivity contribution in [3.8, 4) is 0 Å². The fourth-order valence-corrected chi connectivity index (χ4v) is 2.96. The highest BCUT2D eigenvalue weighted by atomic mass is 32.2. The highest BCUT2D eigenvalue weighted by molar-refractivity contribution is 7.87. The summed E-state index contributed by atoms with van der Waals surface area (Å²) < 4.78 is 32.8. The van der Waals surface area contributed by atoms with Crippen molar-refractivity contribution >= 4 is 10.2 Å². The van der Waals surface area contributed by atoms with Gasteiger partial charge in [0, 0.05) is 25.7 Å². The molecule has 0 radical (unpaired) electrons. The fourth-order valence-electron chi connectivity index (χ4n) is 1.53. The summed E-state index contributed by atoms with van der Waals surface area (Å²) in [6.07, 6.45) is -0.199. The molecule has 0 aromatic rings. The Labute approximate surface area is 90.9 Å². The summed E-state index contributed by atoms with van der Waals surface area (Å²) in [5.74, 6) is 0. The normalized spacial score (nSPS) is 29.3. The molecule has 7 heteroatoms. The smallest absolute Gasteiger partial charge is 0.279 e. The highest BCUT2D eigenvalue weighted by Gasteiger charge is 2.33. The quantitative estimate of drug-likeness (QED) is 0.649. The average Bonchev–Trinajstić information content (AvgIpc) is 2.18. The first-order chi connectivity index (χ1) is 7.01. The molecule has 90 valence electrons. The molecule has 1 aliphatic rings. The molecular formula is C8H19N3O3S. The van der Waals surface area contributed by atoms with Gasteiger partial charge in [-0.1, -0.05) is 6.92 Å². The lowest BCUT2D eigenvalue weighted by molar-refractivity contribution is -0.0223. The molecule has 15 heavy (non-hydrogen) atoms. The molecule has 0 bridgehead atoms. The van der Waals surface area contributed by atoms with Gasteiger partial charge in [0.2, 0.25) is 0 Å². The zero-order valence-electron chi connectivity index (χ0n) is 9.14. The first-order valence-electron chi connectivity index (χ1n) is 5.09. The average molecular weight is 237 g/mol. The van der Waals surface area contributed by atoms with E-state index >= 15 is 0 Å². The van der Waals surface area contributed by atoms with Gasteiger partial charge in [0.05, 0.1) is 12.7 Å². The van der Waals surface area contributed by atoms with Crippen LogP contribution >= 0.6 is 0 Å². The van der Waals surface area contributed by atoms with Crippen LogP contribution < -0.4 is 10.5 Å². The van der Waals surface area contributed by atoms with Crippen LogP contribution in [0.1, 0.15) is 13.8 Å². The Morgan fingerprint density at radius 2 is 2.27 bits per heavy atom. The second-order valence-corrected chi connectivity index (χ2v) is 5.32. The van der Waals surface area contributed by atoms with Crippen molar-refractivity contribution in [2.24, 2.45) is 5.73 Å². The summed E-state index contributed by atoms with van der Waals surface area (Å²) in [5, 5.41) is 0. The molecular weight excluding hydrogens is 218 g/mol. The molecule has 6 nitrogen and oxygen atoms in total. The molecule has 0 aromatic carbocycles. The number of ether oxygens (including phenoxy) is 1. The molecule has 2 unspecified atom stereocenters. The van der Waals surface area contributed by atoms with E-state index in [-0.39, 0.29) is 12.1 Å². The summed E-state index contributed by atoms with van der Waals surface area (Å²) in [6, 6.07) is -0.142. The zero-order chi connectivity index (χ0) is 11.5. The number of morpholine rings is 1. The van der Waals surface area contributed by atoms with Gasteiger partial charge < -0.3 is 10.5 Å². The maximum atomic E-state index is 11.8. The summed E-state index contributed by atoms with van der Waals surface area (Å²) in [7, 11) is -3.38. The topological polar surface area (TPSA) is 84.7 Å². The molecule has 0 aliphatic carbocycles. The first kappa shape index (κ1) is 12.9. The lowest BCUT2D eigenvalue weighted by atomic mass is 10.2. The SMILES string of the molecule is CCNS(=O)(=O)N1CC(CN)OCC1C. The molecule has 1 aliphatic heterocycles. The number of hydrogen-bond acceptors (Lipinski definition) is 4. The van der Waals surface area contributed by atoms with Crippen LogP contribution in [0.4, 0.5) is 0 Å². The maximum Gasteiger partial charge on any atom is 0.279 e. The monoisotopic (exact) mass is 237 g/mol. The van der Waals surface area contributed by atoms with E-state index in [0.29, 0.717) is 26.2 Å². The summed E-state index contributed by atoms with van der Waals surface area (Å²) in [5.41, 5.74) is 5.46. The maximum absolute atomic E-state index is 11.8. The van der Waals surface area contributed by atoms with Crippen molar-refractivity contribution in [3.63, 3.8) is 0 Å². The van der Waals surface area contributed by atoms with Crippen molar-refractivity contribution in [1.82, 2.24) is 9.03 Å². The first-order valence-corrected chi connectivity index (χ1v) is 6.53.